The largest absolute Gasteiger partial charge is 0.494 e. The number of benzene rings is 1. The fraction of sp³-hybridized carbons (Fsp3) is 0.500. The third kappa shape index (κ3) is 3.23. The van der Waals surface area contributed by atoms with Gasteiger partial charge in [0, 0.05) is 17.8 Å². The predicted molar refractivity (Wildman–Crippen MR) is 71.5 cm³/mol. The molecule has 1 aromatic rings. The Labute approximate surface area is 112 Å². The number of amides is 1. The van der Waals surface area contributed by atoms with Crippen LogP contribution in [0.1, 0.15) is 25.7 Å². The normalized spacial score (nSPS) is 22.9. The smallest absolute Gasteiger partial charge is 0.229 e. The molecular formula is C14H19FN2O2. The van der Waals surface area contributed by atoms with E-state index >= 15 is 0 Å². The number of hydrogen-bond donors (Lipinski definition) is 2. The molecule has 1 aliphatic rings. The van der Waals surface area contributed by atoms with Gasteiger partial charge in [0.2, 0.25) is 5.91 Å². The first-order chi connectivity index (χ1) is 9.11. The summed E-state index contributed by atoms with van der Waals surface area (Å²) in [5, 5.41) is 2.78. The van der Waals surface area contributed by atoms with Crippen molar-refractivity contribution in [2.45, 2.75) is 31.7 Å². The molecular weight excluding hydrogens is 247 g/mol. The highest BCUT2D eigenvalue weighted by molar-refractivity contribution is 5.93. The second kappa shape index (κ2) is 6.02. The second-order valence-electron chi connectivity index (χ2n) is 4.89. The van der Waals surface area contributed by atoms with Gasteiger partial charge in [-0.2, -0.15) is 0 Å². The van der Waals surface area contributed by atoms with E-state index in [4.69, 9.17) is 10.5 Å². The zero-order valence-corrected chi connectivity index (χ0v) is 11.0. The monoisotopic (exact) mass is 266 g/mol. The number of nitrogens with one attached hydrogen (secondary N) is 1. The third-order valence-electron chi connectivity index (χ3n) is 3.57. The van der Waals surface area contributed by atoms with Crippen molar-refractivity contribution in [3.05, 3.63) is 24.0 Å². The second-order valence-corrected chi connectivity index (χ2v) is 4.89. The van der Waals surface area contributed by atoms with Crippen LogP contribution in [0.25, 0.3) is 0 Å². The van der Waals surface area contributed by atoms with Crippen LogP contribution in [-0.4, -0.2) is 19.1 Å². The molecule has 5 heteroatoms. The highest BCUT2D eigenvalue weighted by Crippen LogP contribution is 2.26. The lowest BCUT2D eigenvalue weighted by Gasteiger charge is -2.27. The molecule has 1 amide bonds. The van der Waals surface area contributed by atoms with Gasteiger partial charge in [-0.05, 0) is 25.0 Å². The lowest BCUT2D eigenvalue weighted by atomic mass is 9.84. The Hall–Kier alpha value is -1.62. The van der Waals surface area contributed by atoms with Gasteiger partial charge in [0.25, 0.3) is 0 Å². The van der Waals surface area contributed by atoms with E-state index in [0.717, 1.165) is 25.7 Å². The number of anilines is 1. The van der Waals surface area contributed by atoms with Crippen molar-refractivity contribution in [2.24, 2.45) is 11.7 Å². The van der Waals surface area contributed by atoms with Crippen LogP contribution in [0, 0.1) is 11.7 Å². The first kappa shape index (κ1) is 13.8. The molecule has 1 saturated carbocycles. The van der Waals surface area contributed by atoms with E-state index in [1.54, 1.807) is 0 Å². The molecule has 19 heavy (non-hydrogen) atoms. The fourth-order valence-electron chi connectivity index (χ4n) is 2.46. The number of carbonyl (C=O) groups is 1. The molecule has 1 fully saturated rings. The standard InChI is InChI=1S/C14H19FN2O2/c1-19-13-8-9(6-7-11(13)15)17-14(18)10-4-2-3-5-12(10)16/h6-8,10,12H,2-5,16H2,1H3,(H,17,18). The zero-order valence-electron chi connectivity index (χ0n) is 11.0. The van der Waals surface area contributed by atoms with Crippen molar-refractivity contribution >= 4 is 11.6 Å². The minimum atomic E-state index is -0.449. The molecule has 1 aromatic carbocycles. The first-order valence-electron chi connectivity index (χ1n) is 6.52. The number of carbonyl (C=O) groups excluding carboxylic acids is 1. The van der Waals surface area contributed by atoms with Crippen LogP contribution in [0.4, 0.5) is 10.1 Å². The van der Waals surface area contributed by atoms with Gasteiger partial charge in [-0.3, -0.25) is 4.79 Å². The maximum absolute atomic E-state index is 13.3. The van der Waals surface area contributed by atoms with Gasteiger partial charge in [-0.25, -0.2) is 4.39 Å². The predicted octanol–water partition coefficient (Wildman–Crippen LogP) is 2.29. The molecule has 0 heterocycles. The van der Waals surface area contributed by atoms with Crippen molar-refractivity contribution in [1.29, 1.82) is 0 Å². The molecule has 104 valence electrons. The Morgan fingerprint density at radius 3 is 2.84 bits per heavy atom. The Kier molecular flexibility index (Phi) is 4.37. The van der Waals surface area contributed by atoms with Gasteiger partial charge in [-0.15, -0.1) is 0 Å². The van der Waals surface area contributed by atoms with E-state index in [0.29, 0.717) is 5.69 Å². The molecule has 1 aliphatic carbocycles. The summed E-state index contributed by atoms with van der Waals surface area (Å²) in [6.07, 6.45) is 3.80. The topological polar surface area (TPSA) is 64.3 Å². The molecule has 0 saturated heterocycles. The van der Waals surface area contributed by atoms with Crippen molar-refractivity contribution in [1.82, 2.24) is 0 Å². The van der Waals surface area contributed by atoms with Crippen LogP contribution in [0.5, 0.6) is 5.75 Å². The van der Waals surface area contributed by atoms with Crippen molar-refractivity contribution in [2.75, 3.05) is 12.4 Å². The SMILES string of the molecule is COc1cc(NC(=O)C2CCCCC2N)ccc1F. The molecule has 0 aliphatic heterocycles. The summed E-state index contributed by atoms with van der Waals surface area (Å²) in [4.78, 5) is 12.1. The lowest BCUT2D eigenvalue weighted by Crippen LogP contribution is -2.40. The van der Waals surface area contributed by atoms with Gasteiger partial charge in [-0.1, -0.05) is 12.8 Å². The number of hydrogen-bond acceptors (Lipinski definition) is 3. The van der Waals surface area contributed by atoms with Crippen molar-refractivity contribution in [3.8, 4) is 5.75 Å². The average Bonchev–Trinajstić information content (AvgIpc) is 2.41. The summed E-state index contributed by atoms with van der Waals surface area (Å²) in [5.41, 5.74) is 6.50. The van der Waals surface area contributed by atoms with E-state index in [-0.39, 0.29) is 23.6 Å². The van der Waals surface area contributed by atoms with Gasteiger partial charge in [0.05, 0.1) is 13.0 Å². The summed E-state index contributed by atoms with van der Waals surface area (Å²) in [6.45, 7) is 0. The maximum Gasteiger partial charge on any atom is 0.229 e. The highest BCUT2D eigenvalue weighted by atomic mass is 19.1. The summed E-state index contributed by atoms with van der Waals surface area (Å²) in [6, 6.07) is 4.18. The Balaban J connectivity index is 2.05. The van der Waals surface area contributed by atoms with Crippen LogP contribution in [0.3, 0.4) is 0 Å². The Morgan fingerprint density at radius 2 is 2.16 bits per heavy atom. The molecule has 3 N–H and O–H groups in total. The highest BCUT2D eigenvalue weighted by Gasteiger charge is 2.28. The van der Waals surface area contributed by atoms with Crippen LogP contribution >= 0.6 is 0 Å². The van der Waals surface area contributed by atoms with E-state index < -0.39 is 5.82 Å². The van der Waals surface area contributed by atoms with Gasteiger partial charge in [0.15, 0.2) is 11.6 Å². The van der Waals surface area contributed by atoms with Crippen molar-refractivity contribution in [3.63, 3.8) is 0 Å². The third-order valence-corrected chi connectivity index (χ3v) is 3.57. The van der Waals surface area contributed by atoms with Gasteiger partial charge >= 0.3 is 0 Å². The van der Waals surface area contributed by atoms with E-state index in [2.05, 4.69) is 5.32 Å². The molecule has 0 spiro atoms. The van der Waals surface area contributed by atoms with Gasteiger partial charge in [0.1, 0.15) is 0 Å². The van der Waals surface area contributed by atoms with Crippen LogP contribution in [0.15, 0.2) is 18.2 Å². The average molecular weight is 266 g/mol. The minimum Gasteiger partial charge on any atom is -0.494 e. The van der Waals surface area contributed by atoms with Crippen LogP contribution in [0.2, 0.25) is 0 Å². The zero-order chi connectivity index (χ0) is 13.8. The van der Waals surface area contributed by atoms with Crippen LogP contribution in [-0.2, 0) is 4.79 Å². The molecule has 2 unspecified atom stereocenters. The number of halogens is 1. The van der Waals surface area contributed by atoms with E-state index in [1.165, 1.54) is 25.3 Å². The number of methoxy groups -OCH3 is 1. The Morgan fingerprint density at radius 1 is 1.42 bits per heavy atom. The molecule has 0 radical (unpaired) electrons. The summed E-state index contributed by atoms with van der Waals surface area (Å²) >= 11 is 0. The number of nitrogens with two attached hydrogens (primary N) is 1. The summed E-state index contributed by atoms with van der Waals surface area (Å²) in [7, 11) is 1.39. The minimum absolute atomic E-state index is 0.0870. The van der Waals surface area contributed by atoms with Gasteiger partial charge < -0.3 is 15.8 Å². The van der Waals surface area contributed by atoms with Crippen LogP contribution < -0.4 is 15.8 Å². The molecule has 0 bridgehead atoms. The quantitative estimate of drug-likeness (QED) is 0.882. The number of rotatable bonds is 3. The van der Waals surface area contributed by atoms with E-state index in [1.807, 2.05) is 0 Å². The molecule has 2 rings (SSSR count). The summed E-state index contributed by atoms with van der Waals surface area (Å²) in [5.74, 6) is -0.591. The van der Waals surface area contributed by atoms with Crippen molar-refractivity contribution < 1.29 is 13.9 Å². The summed E-state index contributed by atoms with van der Waals surface area (Å²) < 4.78 is 18.1. The fourth-order valence-corrected chi connectivity index (χ4v) is 2.46. The maximum atomic E-state index is 13.3. The molecule has 4 nitrogen and oxygen atoms in total. The number of ether oxygens (including phenoxy) is 1. The first-order valence-corrected chi connectivity index (χ1v) is 6.52. The molecule has 2 atom stereocenters. The Bertz CT molecular complexity index is 465. The lowest BCUT2D eigenvalue weighted by molar-refractivity contribution is -0.121. The molecule has 0 aromatic heterocycles. The van der Waals surface area contributed by atoms with E-state index in [9.17, 15) is 9.18 Å².